The van der Waals surface area contributed by atoms with Crippen LogP contribution in [0.25, 0.3) is 0 Å². The number of carbonyl (C=O) groups is 3. The first-order valence-corrected chi connectivity index (χ1v) is 9.99. The average molecular weight is 432 g/mol. The number of carboxylic acids is 2. The zero-order chi connectivity index (χ0) is 23.3. The molecule has 0 spiro atoms. The quantitative estimate of drug-likeness (QED) is 0.471. The lowest BCUT2D eigenvalue weighted by Crippen LogP contribution is -2.50. The average Bonchev–Trinajstić information content (AvgIpc) is 2.59. The first-order chi connectivity index (χ1) is 13.8. The minimum absolute atomic E-state index is 0.225. The van der Waals surface area contributed by atoms with E-state index in [0.29, 0.717) is 13.1 Å². The van der Waals surface area contributed by atoms with Crippen LogP contribution in [0, 0.1) is 0 Å². The number of aliphatic carboxylic acids is 2. The van der Waals surface area contributed by atoms with Gasteiger partial charge in [-0.1, -0.05) is 6.08 Å². The van der Waals surface area contributed by atoms with Crippen molar-refractivity contribution in [1.29, 1.82) is 0 Å². The highest BCUT2D eigenvalue weighted by atomic mass is 16.6. The number of carboxylic acid groups (broad SMARTS) is 2. The van der Waals surface area contributed by atoms with Gasteiger partial charge in [0.25, 0.3) is 11.9 Å². The van der Waals surface area contributed by atoms with Crippen LogP contribution in [0.15, 0.2) is 11.6 Å². The minimum Gasteiger partial charge on any atom is -0.481 e. The third kappa shape index (κ3) is 14.8. The van der Waals surface area contributed by atoms with Gasteiger partial charge in [0.2, 0.25) is 0 Å². The van der Waals surface area contributed by atoms with E-state index in [1.165, 1.54) is 0 Å². The molecule has 0 aromatic carbocycles. The van der Waals surface area contributed by atoms with Crippen LogP contribution in [0.2, 0.25) is 0 Å². The molecule has 2 rings (SSSR count). The highest BCUT2D eigenvalue weighted by molar-refractivity contribution is 5.68. The summed E-state index contributed by atoms with van der Waals surface area (Å²) in [5.41, 5.74) is 0.642. The molecule has 0 saturated carbocycles. The standard InChI is InChI=1S/C16H29N3O3.2C2H4O2/c1-16(2,3)22-15(21)19-10-8-18(9-11-19)7-5-13-12-17-6-4-14(13)20;2*1-2(3)4/h5,14,17,20H,4,6-12H2,1-3H3;2*1H3,(H,3,4)/b13-5+;;. The van der Waals surface area contributed by atoms with E-state index in [9.17, 15) is 9.90 Å². The van der Waals surface area contributed by atoms with Crippen molar-refractivity contribution in [2.24, 2.45) is 0 Å². The fraction of sp³-hybridized carbons (Fsp3) is 0.750. The van der Waals surface area contributed by atoms with E-state index in [1.54, 1.807) is 4.90 Å². The van der Waals surface area contributed by atoms with Crippen LogP contribution >= 0.6 is 0 Å². The van der Waals surface area contributed by atoms with Gasteiger partial charge in [-0.15, -0.1) is 0 Å². The Kier molecular flexibility index (Phi) is 12.9. The summed E-state index contributed by atoms with van der Waals surface area (Å²) in [5.74, 6) is -1.67. The molecule has 0 aromatic rings. The number of nitrogens with one attached hydrogen (secondary N) is 1. The summed E-state index contributed by atoms with van der Waals surface area (Å²) in [4.78, 5) is 34.1. The molecule has 30 heavy (non-hydrogen) atoms. The summed E-state index contributed by atoms with van der Waals surface area (Å²) in [6.07, 6.45) is 2.39. The molecule has 0 aromatic heterocycles. The number of hydrogen-bond acceptors (Lipinski definition) is 7. The smallest absolute Gasteiger partial charge is 0.410 e. The number of carbonyl (C=O) groups excluding carboxylic acids is 1. The van der Waals surface area contributed by atoms with Crippen molar-refractivity contribution in [2.45, 2.75) is 52.7 Å². The van der Waals surface area contributed by atoms with Crippen LogP contribution < -0.4 is 5.32 Å². The summed E-state index contributed by atoms with van der Waals surface area (Å²) >= 11 is 0. The van der Waals surface area contributed by atoms with Crippen molar-refractivity contribution < 1.29 is 34.4 Å². The molecule has 2 aliphatic heterocycles. The van der Waals surface area contributed by atoms with Crippen LogP contribution in [0.4, 0.5) is 4.79 Å². The van der Waals surface area contributed by atoms with Crippen molar-refractivity contribution in [1.82, 2.24) is 15.1 Å². The maximum absolute atomic E-state index is 12.0. The predicted molar refractivity (Wildman–Crippen MR) is 112 cm³/mol. The topological polar surface area (TPSA) is 140 Å². The van der Waals surface area contributed by atoms with Gasteiger partial charge in [-0.3, -0.25) is 14.5 Å². The summed E-state index contributed by atoms with van der Waals surface area (Å²) in [6, 6.07) is 0. The maximum Gasteiger partial charge on any atom is 0.410 e. The number of piperidine rings is 1. The van der Waals surface area contributed by atoms with Crippen molar-refractivity contribution in [3.8, 4) is 0 Å². The molecule has 2 heterocycles. The predicted octanol–water partition coefficient (Wildman–Crippen LogP) is 1.00. The molecule has 0 radical (unpaired) electrons. The number of aliphatic hydroxyl groups excluding tert-OH is 1. The second-order valence-electron chi connectivity index (χ2n) is 8.07. The minimum atomic E-state index is -0.833. The van der Waals surface area contributed by atoms with Gasteiger partial charge in [0.15, 0.2) is 0 Å². The molecule has 1 atom stereocenters. The molecule has 10 nitrogen and oxygen atoms in total. The number of piperazine rings is 1. The van der Waals surface area contributed by atoms with Gasteiger partial charge in [-0.05, 0) is 39.3 Å². The van der Waals surface area contributed by atoms with E-state index in [0.717, 1.165) is 58.6 Å². The summed E-state index contributed by atoms with van der Waals surface area (Å²) in [5, 5.41) is 28.0. The molecule has 1 amide bonds. The zero-order valence-corrected chi connectivity index (χ0v) is 18.7. The highest BCUT2D eigenvalue weighted by Crippen LogP contribution is 2.13. The maximum atomic E-state index is 12.0. The van der Waals surface area contributed by atoms with Crippen molar-refractivity contribution in [3.63, 3.8) is 0 Å². The number of aliphatic hydroxyl groups is 1. The van der Waals surface area contributed by atoms with E-state index in [4.69, 9.17) is 24.5 Å². The van der Waals surface area contributed by atoms with E-state index in [2.05, 4.69) is 16.3 Å². The number of ether oxygens (including phenoxy) is 1. The van der Waals surface area contributed by atoms with Crippen molar-refractivity contribution >= 4 is 18.0 Å². The molecule has 10 heteroatoms. The van der Waals surface area contributed by atoms with Gasteiger partial charge in [0.05, 0.1) is 6.10 Å². The molecule has 0 aliphatic carbocycles. The molecule has 174 valence electrons. The van der Waals surface area contributed by atoms with E-state index in [-0.39, 0.29) is 12.2 Å². The van der Waals surface area contributed by atoms with E-state index >= 15 is 0 Å². The Hall–Kier alpha value is -2.17. The lowest BCUT2D eigenvalue weighted by molar-refractivity contribution is -0.135. The van der Waals surface area contributed by atoms with Gasteiger partial charge in [-0.2, -0.15) is 0 Å². The molecule has 0 bridgehead atoms. The number of hydrogen-bond donors (Lipinski definition) is 4. The van der Waals surface area contributed by atoms with Gasteiger partial charge in [0.1, 0.15) is 5.60 Å². The first kappa shape index (κ1) is 27.8. The third-order valence-corrected chi connectivity index (χ3v) is 3.99. The van der Waals surface area contributed by atoms with Gasteiger partial charge < -0.3 is 30.3 Å². The number of rotatable bonds is 2. The zero-order valence-electron chi connectivity index (χ0n) is 18.7. The van der Waals surface area contributed by atoms with Crippen LogP contribution in [0.1, 0.15) is 41.0 Å². The second kappa shape index (κ2) is 13.9. The summed E-state index contributed by atoms with van der Waals surface area (Å²) in [6.45, 7) is 13.4. The fourth-order valence-electron chi connectivity index (χ4n) is 2.67. The Bertz CT molecular complexity index is 559. The molecular weight excluding hydrogens is 394 g/mol. The van der Waals surface area contributed by atoms with E-state index < -0.39 is 17.5 Å². The molecule has 2 aliphatic rings. The summed E-state index contributed by atoms with van der Waals surface area (Å²) < 4.78 is 5.40. The van der Waals surface area contributed by atoms with Crippen LogP contribution in [-0.2, 0) is 14.3 Å². The monoisotopic (exact) mass is 431 g/mol. The third-order valence-electron chi connectivity index (χ3n) is 3.99. The van der Waals surface area contributed by atoms with Crippen LogP contribution in [0.3, 0.4) is 0 Å². The van der Waals surface area contributed by atoms with Crippen LogP contribution in [-0.4, -0.2) is 101 Å². The van der Waals surface area contributed by atoms with Crippen molar-refractivity contribution in [2.75, 3.05) is 45.8 Å². The first-order valence-electron chi connectivity index (χ1n) is 9.99. The largest absolute Gasteiger partial charge is 0.481 e. The number of nitrogens with zero attached hydrogens (tertiary/aromatic N) is 2. The van der Waals surface area contributed by atoms with Gasteiger partial charge >= 0.3 is 6.09 Å². The second-order valence-corrected chi connectivity index (χ2v) is 8.07. The van der Waals surface area contributed by atoms with Gasteiger partial charge in [-0.25, -0.2) is 4.79 Å². The molecule has 4 N–H and O–H groups in total. The highest BCUT2D eigenvalue weighted by Gasteiger charge is 2.25. The number of amides is 1. The Morgan fingerprint density at radius 1 is 1.10 bits per heavy atom. The van der Waals surface area contributed by atoms with Crippen molar-refractivity contribution in [3.05, 3.63) is 11.6 Å². The Balaban J connectivity index is 0.000000901. The lowest BCUT2D eigenvalue weighted by Gasteiger charge is -2.35. The molecule has 2 saturated heterocycles. The Morgan fingerprint density at radius 3 is 2.03 bits per heavy atom. The van der Waals surface area contributed by atoms with Crippen LogP contribution in [0.5, 0.6) is 0 Å². The summed E-state index contributed by atoms with van der Waals surface area (Å²) in [7, 11) is 0. The van der Waals surface area contributed by atoms with Gasteiger partial charge in [0, 0.05) is 53.1 Å². The fourth-order valence-corrected chi connectivity index (χ4v) is 2.67. The Labute approximate surface area is 178 Å². The lowest BCUT2D eigenvalue weighted by atomic mass is 10.0. The van der Waals surface area contributed by atoms with E-state index in [1.807, 2.05) is 20.8 Å². The Morgan fingerprint density at radius 2 is 1.60 bits per heavy atom. The SMILES string of the molecule is CC(=O)O.CC(=O)O.CC(C)(C)OC(=O)N1CCN(C/C=C2\CNCCC2O)CC1. The molecule has 2 fully saturated rings. The molecule has 1 unspecified atom stereocenters. The normalized spacial score (nSPS) is 20.9. The molecular formula is C20H37N3O7.